The van der Waals surface area contributed by atoms with E-state index in [2.05, 4.69) is 5.32 Å². The minimum atomic E-state index is -0.799. The molecule has 3 aromatic carbocycles. The fourth-order valence-corrected chi connectivity index (χ4v) is 6.39. The zero-order valence-electron chi connectivity index (χ0n) is 28.0. The van der Waals surface area contributed by atoms with E-state index >= 15 is 4.39 Å². The zero-order valence-corrected chi connectivity index (χ0v) is 28.0. The van der Waals surface area contributed by atoms with Gasteiger partial charge in [-0.2, -0.15) is 0 Å². The lowest BCUT2D eigenvalue weighted by Gasteiger charge is -2.35. The van der Waals surface area contributed by atoms with Gasteiger partial charge in [-0.1, -0.05) is 42.5 Å². The van der Waals surface area contributed by atoms with Gasteiger partial charge < -0.3 is 29.0 Å². The highest BCUT2D eigenvalue weighted by molar-refractivity contribution is 5.97. The number of fused-ring (bicyclic) bond motifs is 1. The first kappa shape index (κ1) is 34.1. The molecule has 0 radical (unpaired) electrons. The smallest absolute Gasteiger partial charge is 0.343 e. The van der Waals surface area contributed by atoms with Crippen molar-refractivity contribution < 1.29 is 32.6 Å². The van der Waals surface area contributed by atoms with Crippen molar-refractivity contribution in [2.75, 3.05) is 44.9 Å². The summed E-state index contributed by atoms with van der Waals surface area (Å²) in [6.45, 7) is 5.63. The van der Waals surface area contributed by atoms with E-state index in [1.807, 2.05) is 46.7 Å². The van der Waals surface area contributed by atoms with Crippen LogP contribution in [-0.2, 0) is 14.3 Å². The number of methoxy groups -OCH3 is 1. The van der Waals surface area contributed by atoms with Gasteiger partial charge in [0.25, 0.3) is 0 Å². The third-order valence-corrected chi connectivity index (χ3v) is 9.20. The molecule has 0 spiro atoms. The van der Waals surface area contributed by atoms with Crippen LogP contribution < -0.4 is 20.4 Å². The van der Waals surface area contributed by atoms with Crippen LogP contribution in [-0.4, -0.2) is 62.5 Å². The van der Waals surface area contributed by atoms with E-state index in [9.17, 15) is 18.8 Å². The van der Waals surface area contributed by atoms with Crippen LogP contribution >= 0.6 is 0 Å². The van der Waals surface area contributed by atoms with Crippen molar-refractivity contribution in [2.45, 2.75) is 57.5 Å². The molecule has 1 aromatic heterocycles. The molecular weight excluding hydrogens is 632 g/mol. The zero-order chi connectivity index (χ0) is 34.7. The lowest BCUT2D eigenvalue weighted by molar-refractivity contribution is -0.145. The van der Waals surface area contributed by atoms with Crippen molar-refractivity contribution in [3.8, 4) is 16.9 Å². The van der Waals surface area contributed by atoms with E-state index in [0.717, 1.165) is 18.4 Å². The maximum atomic E-state index is 15.7. The quantitative estimate of drug-likeness (QED) is 0.137. The molecular formula is C38H41F2N3O6. The van der Waals surface area contributed by atoms with Gasteiger partial charge in [0, 0.05) is 43.5 Å². The number of hydrogen-bond donors (Lipinski definition) is 1. The fraction of sp³-hybridized carbons (Fsp3) is 0.395. The third-order valence-electron chi connectivity index (χ3n) is 9.20. The molecule has 2 unspecified atom stereocenters. The van der Waals surface area contributed by atoms with E-state index in [-0.39, 0.29) is 42.0 Å². The van der Waals surface area contributed by atoms with Crippen molar-refractivity contribution in [2.24, 2.45) is 0 Å². The summed E-state index contributed by atoms with van der Waals surface area (Å²) in [6.07, 6.45) is 4.02. The molecule has 1 aliphatic carbocycles. The Kier molecular flexibility index (Phi) is 10.3. The van der Waals surface area contributed by atoms with Gasteiger partial charge in [0.05, 0.1) is 37.1 Å². The van der Waals surface area contributed by atoms with E-state index < -0.39 is 34.9 Å². The summed E-state index contributed by atoms with van der Waals surface area (Å²) >= 11 is 0. The number of pyridine rings is 1. The predicted molar refractivity (Wildman–Crippen MR) is 183 cm³/mol. The Morgan fingerprint density at radius 3 is 2.41 bits per heavy atom. The lowest BCUT2D eigenvalue weighted by atomic mass is 9.97. The molecule has 6 rings (SSSR count). The fourth-order valence-electron chi connectivity index (χ4n) is 6.39. The molecule has 2 atom stereocenters. The van der Waals surface area contributed by atoms with Gasteiger partial charge >= 0.3 is 11.9 Å². The Hall–Kier alpha value is -4.77. The Morgan fingerprint density at radius 1 is 1.00 bits per heavy atom. The molecule has 258 valence electrons. The van der Waals surface area contributed by atoms with Crippen molar-refractivity contribution in [1.82, 2.24) is 9.88 Å². The number of piperazine rings is 1. The van der Waals surface area contributed by atoms with Crippen LogP contribution in [0.1, 0.15) is 67.4 Å². The molecule has 1 N–H and O–H groups in total. The second-order valence-electron chi connectivity index (χ2n) is 12.8. The number of carbonyl (C=O) groups excluding carboxylic acids is 2. The molecule has 1 saturated carbocycles. The Labute approximate surface area is 283 Å². The molecule has 0 amide bonds. The number of carbonyl (C=O) groups is 2. The number of halogens is 2. The standard InChI is InChI=1S/C38H41F2N3O6/c1-23-21-42(16-15-41-23)34-32(40)20-29-33(36(34)47-3)43(27-12-13-27)22-30(35(29)44)38(46)49-18-8-7-17-48-37(45)24(2)26-11-14-28(31(39)19-26)25-9-5-4-6-10-25/h4-6,9-11,14,19-20,22-24,27,41H,7-8,12-13,15-18,21H2,1-3H3. The largest absolute Gasteiger partial charge is 0.492 e. The normalized spacial score (nSPS) is 16.8. The van der Waals surface area contributed by atoms with Gasteiger partial charge in [-0.3, -0.25) is 9.59 Å². The number of anilines is 1. The predicted octanol–water partition coefficient (Wildman–Crippen LogP) is 6.37. The van der Waals surface area contributed by atoms with E-state index in [0.29, 0.717) is 54.8 Å². The molecule has 2 heterocycles. The number of nitrogens with zero attached hydrogens (tertiary/aromatic N) is 2. The topological polar surface area (TPSA) is 99.1 Å². The molecule has 9 nitrogen and oxygen atoms in total. The SMILES string of the molecule is COc1c(N2CCNC(C)C2)c(F)cc2c(=O)c(C(=O)OCCCCOC(=O)C(C)c3ccc(-c4ccccc4)c(F)c3)cn(C3CC3)c12. The average Bonchev–Trinajstić information content (AvgIpc) is 3.95. The van der Waals surface area contributed by atoms with E-state index in [4.69, 9.17) is 14.2 Å². The molecule has 2 aliphatic rings. The molecule has 0 bridgehead atoms. The highest BCUT2D eigenvalue weighted by atomic mass is 19.1. The van der Waals surface area contributed by atoms with Crippen LogP contribution in [0.2, 0.25) is 0 Å². The first-order valence-electron chi connectivity index (χ1n) is 16.8. The second kappa shape index (κ2) is 14.8. The highest BCUT2D eigenvalue weighted by Crippen LogP contribution is 2.44. The van der Waals surface area contributed by atoms with Gasteiger partial charge in [-0.15, -0.1) is 0 Å². The summed E-state index contributed by atoms with van der Waals surface area (Å²) in [5, 5.41) is 3.42. The summed E-state index contributed by atoms with van der Waals surface area (Å²) in [6, 6.07) is 15.3. The van der Waals surface area contributed by atoms with Gasteiger partial charge in [-0.25, -0.2) is 13.6 Å². The van der Waals surface area contributed by atoms with E-state index in [1.165, 1.54) is 25.4 Å². The number of aromatic nitrogens is 1. The summed E-state index contributed by atoms with van der Waals surface area (Å²) < 4.78 is 49.0. The van der Waals surface area contributed by atoms with Crippen LogP contribution in [0.4, 0.5) is 14.5 Å². The Bertz CT molecular complexity index is 1910. The minimum Gasteiger partial charge on any atom is -0.492 e. The lowest BCUT2D eigenvalue weighted by Crippen LogP contribution is -2.49. The highest BCUT2D eigenvalue weighted by Gasteiger charge is 2.32. The number of benzene rings is 3. The first-order valence-corrected chi connectivity index (χ1v) is 16.8. The summed E-state index contributed by atoms with van der Waals surface area (Å²) in [5.74, 6) is -2.67. The monoisotopic (exact) mass is 673 g/mol. The number of nitrogens with one attached hydrogen (secondary N) is 1. The van der Waals surface area contributed by atoms with Gasteiger partial charge in [0.1, 0.15) is 17.1 Å². The average molecular weight is 674 g/mol. The Morgan fingerprint density at radius 2 is 1.73 bits per heavy atom. The number of unbranched alkanes of at least 4 members (excludes halogenated alkanes) is 1. The van der Waals surface area contributed by atoms with E-state index in [1.54, 1.807) is 19.1 Å². The van der Waals surface area contributed by atoms with Crippen molar-refractivity contribution in [3.05, 3.63) is 93.8 Å². The molecule has 2 fully saturated rings. The minimum absolute atomic E-state index is 0.00317. The first-order chi connectivity index (χ1) is 23.7. The summed E-state index contributed by atoms with van der Waals surface area (Å²) in [4.78, 5) is 41.3. The van der Waals surface area contributed by atoms with Gasteiger partial charge in [0.15, 0.2) is 11.6 Å². The summed E-state index contributed by atoms with van der Waals surface area (Å²) in [7, 11) is 1.47. The van der Waals surface area contributed by atoms with Crippen molar-refractivity contribution in [1.29, 1.82) is 0 Å². The van der Waals surface area contributed by atoms with Crippen LogP contribution in [0, 0.1) is 11.6 Å². The number of hydrogen-bond acceptors (Lipinski definition) is 8. The van der Waals surface area contributed by atoms with Crippen LogP contribution in [0.3, 0.4) is 0 Å². The molecule has 11 heteroatoms. The van der Waals surface area contributed by atoms with Crippen molar-refractivity contribution >= 4 is 28.5 Å². The maximum Gasteiger partial charge on any atom is 0.343 e. The number of esters is 2. The number of rotatable bonds is 12. The second-order valence-corrected chi connectivity index (χ2v) is 12.8. The van der Waals surface area contributed by atoms with Crippen LogP contribution in [0.25, 0.3) is 22.0 Å². The molecule has 1 saturated heterocycles. The third kappa shape index (κ3) is 7.32. The molecule has 1 aliphatic heterocycles. The number of ether oxygens (including phenoxy) is 3. The van der Waals surface area contributed by atoms with Gasteiger partial charge in [-0.05, 0) is 62.8 Å². The Balaban J connectivity index is 1.07. The maximum absolute atomic E-state index is 15.7. The summed E-state index contributed by atoms with van der Waals surface area (Å²) in [5.41, 5.74) is 1.71. The molecule has 49 heavy (non-hydrogen) atoms. The van der Waals surface area contributed by atoms with Crippen molar-refractivity contribution in [3.63, 3.8) is 0 Å². The molecule has 4 aromatic rings. The van der Waals surface area contributed by atoms with Crippen LogP contribution in [0.15, 0.2) is 65.6 Å². The van der Waals surface area contributed by atoms with Gasteiger partial charge in [0.2, 0.25) is 5.43 Å². The van der Waals surface area contributed by atoms with Crippen LogP contribution in [0.5, 0.6) is 5.75 Å².